The van der Waals surface area contributed by atoms with E-state index in [0.29, 0.717) is 27.9 Å². The molecule has 28 heavy (non-hydrogen) atoms. The van der Waals surface area contributed by atoms with Crippen LogP contribution in [0.3, 0.4) is 0 Å². The van der Waals surface area contributed by atoms with Gasteiger partial charge in [0.25, 0.3) is 11.8 Å². The number of carbonyl (C=O) groups excluding carboxylic acids is 2. The molecule has 0 unspecified atom stereocenters. The zero-order chi connectivity index (χ0) is 19.5. The number of benzene rings is 2. The number of hydrogen-bond donors (Lipinski definition) is 1. The number of ether oxygens (including phenoxy) is 1. The van der Waals surface area contributed by atoms with Gasteiger partial charge in [-0.3, -0.25) is 9.59 Å². The fraction of sp³-hybridized carbons (Fsp3) is 0.227. The highest BCUT2D eigenvalue weighted by atomic mass is 16.5. The summed E-state index contributed by atoms with van der Waals surface area (Å²) in [4.78, 5) is 30.8. The van der Waals surface area contributed by atoms with Crippen LogP contribution in [-0.2, 0) is 4.79 Å². The van der Waals surface area contributed by atoms with E-state index in [1.54, 1.807) is 18.2 Å². The third-order valence-electron chi connectivity index (χ3n) is 4.95. The van der Waals surface area contributed by atoms with Crippen molar-refractivity contribution in [1.82, 2.24) is 9.88 Å². The summed E-state index contributed by atoms with van der Waals surface area (Å²) in [6.07, 6.45) is 2.06. The van der Waals surface area contributed by atoms with Gasteiger partial charge >= 0.3 is 0 Å². The molecule has 3 aromatic rings. The Kier molecular flexibility index (Phi) is 4.93. The van der Waals surface area contributed by atoms with Gasteiger partial charge in [0.2, 0.25) is 0 Å². The molecule has 142 valence electrons. The molecule has 2 heterocycles. The first-order valence-electron chi connectivity index (χ1n) is 9.33. The number of likely N-dealkylation sites (tertiary alicyclic amines) is 1. The van der Waals surface area contributed by atoms with Crippen molar-refractivity contribution in [2.24, 2.45) is 5.73 Å². The van der Waals surface area contributed by atoms with Crippen LogP contribution in [0.15, 0.2) is 54.6 Å². The molecule has 2 amide bonds. The number of carbonyl (C=O) groups is 2. The quantitative estimate of drug-likeness (QED) is 0.743. The lowest BCUT2D eigenvalue weighted by Gasteiger charge is -2.17. The minimum Gasteiger partial charge on any atom is -0.483 e. The van der Waals surface area contributed by atoms with Gasteiger partial charge in [0.15, 0.2) is 6.61 Å². The Morgan fingerprint density at radius 2 is 1.79 bits per heavy atom. The molecule has 1 saturated heterocycles. The third kappa shape index (κ3) is 3.53. The number of hydrogen-bond acceptors (Lipinski definition) is 4. The van der Waals surface area contributed by atoms with Crippen molar-refractivity contribution < 1.29 is 14.3 Å². The Morgan fingerprint density at radius 3 is 2.50 bits per heavy atom. The number of rotatable bonds is 5. The number of nitrogens with zero attached hydrogens (tertiary/aromatic N) is 2. The molecule has 0 bridgehead atoms. The van der Waals surface area contributed by atoms with Crippen LogP contribution in [0, 0.1) is 0 Å². The maximum Gasteiger partial charge on any atom is 0.260 e. The molecule has 0 radical (unpaired) electrons. The van der Waals surface area contributed by atoms with Crippen molar-refractivity contribution in [3.8, 4) is 17.0 Å². The largest absolute Gasteiger partial charge is 0.483 e. The molecule has 2 N–H and O–H groups in total. The second-order valence-corrected chi connectivity index (χ2v) is 6.81. The van der Waals surface area contributed by atoms with Crippen LogP contribution in [0.25, 0.3) is 22.2 Å². The van der Waals surface area contributed by atoms with Crippen LogP contribution in [0.5, 0.6) is 5.75 Å². The minimum absolute atomic E-state index is 0.0326. The van der Waals surface area contributed by atoms with Crippen LogP contribution >= 0.6 is 0 Å². The van der Waals surface area contributed by atoms with Gasteiger partial charge < -0.3 is 15.4 Å². The van der Waals surface area contributed by atoms with Crippen LogP contribution in [-0.4, -0.2) is 41.4 Å². The van der Waals surface area contributed by atoms with Gasteiger partial charge in [-0.2, -0.15) is 0 Å². The van der Waals surface area contributed by atoms with E-state index in [4.69, 9.17) is 10.5 Å². The van der Waals surface area contributed by atoms with E-state index in [2.05, 4.69) is 4.98 Å². The van der Waals surface area contributed by atoms with Gasteiger partial charge in [-0.1, -0.05) is 36.4 Å². The standard InChI is InChI=1S/C22H21N3O3/c23-22(27)17-10-6-9-16-19(28-14-20(26)25-11-4-5-12-25)13-18(24-21(16)17)15-7-2-1-3-8-15/h1-3,6-10,13H,4-5,11-12,14H2,(H2,23,27). The molecule has 2 aromatic carbocycles. The van der Waals surface area contributed by atoms with Gasteiger partial charge in [0.1, 0.15) is 5.75 Å². The molecular formula is C22H21N3O3. The number of pyridine rings is 1. The second-order valence-electron chi connectivity index (χ2n) is 6.81. The smallest absolute Gasteiger partial charge is 0.260 e. The maximum atomic E-state index is 12.4. The SMILES string of the molecule is NC(=O)c1cccc2c(OCC(=O)N3CCCC3)cc(-c3ccccc3)nc12. The number of fused-ring (bicyclic) bond motifs is 1. The van der Waals surface area contributed by atoms with Crippen molar-refractivity contribution in [3.05, 3.63) is 60.2 Å². The number of nitrogens with two attached hydrogens (primary N) is 1. The number of para-hydroxylation sites is 1. The average molecular weight is 375 g/mol. The first-order chi connectivity index (χ1) is 13.6. The molecular weight excluding hydrogens is 354 g/mol. The number of amides is 2. The summed E-state index contributed by atoms with van der Waals surface area (Å²) < 4.78 is 5.91. The molecule has 1 aliphatic rings. The van der Waals surface area contributed by atoms with E-state index in [-0.39, 0.29) is 12.5 Å². The highest BCUT2D eigenvalue weighted by Gasteiger charge is 2.20. The summed E-state index contributed by atoms with van der Waals surface area (Å²) in [5.74, 6) is -0.0725. The fourth-order valence-electron chi connectivity index (χ4n) is 3.49. The molecule has 0 atom stereocenters. The van der Waals surface area contributed by atoms with Crippen molar-refractivity contribution in [2.45, 2.75) is 12.8 Å². The Labute approximate surface area is 162 Å². The van der Waals surface area contributed by atoms with Gasteiger partial charge in [0.05, 0.1) is 16.8 Å². The van der Waals surface area contributed by atoms with E-state index in [1.807, 2.05) is 41.3 Å². The van der Waals surface area contributed by atoms with Crippen molar-refractivity contribution in [1.29, 1.82) is 0 Å². The predicted molar refractivity (Wildman–Crippen MR) is 107 cm³/mol. The molecule has 0 saturated carbocycles. The van der Waals surface area contributed by atoms with Gasteiger partial charge in [0, 0.05) is 30.1 Å². The molecule has 4 rings (SSSR count). The zero-order valence-electron chi connectivity index (χ0n) is 15.4. The van der Waals surface area contributed by atoms with Crippen molar-refractivity contribution >= 4 is 22.7 Å². The summed E-state index contributed by atoms with van der Waals surface area (Å²) in [6, 6.07) is 16.6. The Bertz CT molecular complexity index is 1030. The van der Waals surface area contributed by atoms with Gasteiger partial charge in [-0.15, -0.1) is 0 Å². The summed E-state index contributed by atoms with van der Waals surface area (Å²) in [7, 11) is 0. The summed E-state index contributed by atoms with van der Waals surface area (Å²) in [5.41, 5.74) is 7.89. The van der Waals surface area contributed by atoms with Crippen LogP contribution in [0.4, 0.5) is 0 Å². The lowest BCUT2D eigenvalue weighted by atomic mass is 10.1. The first kappa shape index (κ1) is 18.0. The van der Waals surface area contributed by atoms with Gasteiger partial charge in [-0.05, 0) is 25.0 Å². The van der Waals surface area contributed by atoms with E-state index in [0.717, 1.165) is 31.5 Å². The van der Waals surface area contributed by atoms with Crippen LogP contribution in [0.1, 0.15) is 23.2 Å². The van der Waals surface area contributed by atoms with Gasteiger partial charge in [-0.25, -0.2) is 4.98 Å². The summed E-state index contributed by atoms with van der Waals surface area (Å²) >= 11 is 0. The number of primary amides is 1. The molecule has 1 aliphatic heterocycles. The molecule has 1 fully saturated rings. The van der Waals surface area contributed by atoms with E-state index >= 15 is 0 Å². The molecule has 6 nitrogen and oxygen atoms in total. The van der Waals surface area contributed by atoms with Crippen LogP contribution < -0.4 is 10.5 Å². The maximum absolute atomic E-state index is 12.4. The Hall–Kier alpha value is -3.41. The highest BCUT2D eigenvalue weighted by molar-refractivity contribution is 6.06. The Balaban J connectivity index is 1.76. The lowest BCUT2D eigenvalue weighted by Crippen LogP contribution is -2.32. The molecule has 1 aromatic heterocycles. The van der Waals surface area contributed by atoms with Crippen molar-refractivity contribution in [2.75, 3.05) is 19.7 Å². The molecule has 0 aliphatic carbocycles. The second kappa shape index (κ2) is 7.68. The minimum atomic E-state index is -0.553. The van der Waals surface area contributed by atoms with Crippen molar-refractivity contribution in [3.63, 3.8) is 0 Å². The fourth-order valence-corrected chi connectivity index (χ4v) is 3.49. The summed E-state index contributed by atoms with van der Waals surface area (Å²) in [5, 5.41) is 0.658. The summed E-state index contributed by atoms with van der Waals surface area (Å²) in [6.45, 7) is 1.51. The topological polar surface area (TPSA) is 85.5 Å². The zero-order valence-corrected chi connectivity index (χ0v) is 15.4. The Morgan fingerprint density at radius 1 is 1.04 bits per heavy atom. The average Bonchev–Trinajstić information content (AvgIpc) is 3.26. The first-order valence-corrected chi connectivity index (χ1v) is 9.33. The van der Waals surface area contributed by atoms with Crippen LogP contribution in [0.2, 0.25) is 0 Å². The third-order valence-corrected chi connectivity index (χ3v) is 4.95. The van der Waals surface area contributed by atoms with E-state index in [1.165, 1.54) is 0 Å². The van der Waals surface area contributed by atoms with E-state index in [9.17, 15) is 9.59 Å². The highest BCUT2D eigenvalue weighted by Crippen LogP contribution is 2.31. The monoisotopic (exact) mass is 375 g/mol. The normalized spacial score (nSPS) is 13.6. The predicted octanol–water partition coefficient (Wildman–Crippen LogP) is 3.00. The molecule has 6 heteroatoms. The number of aromatic nitrogens is 1. The lowest BCUT2D eigenvalue weighted by molar-refractivity contribution is -0.132. The molecule has 0 spiro atoms. The van der Waals surface area contributed by atoms with E-state index < -0.39 is 5.91 Å².